The molecule has 0 unspecified atom stereocenters. The quantitative estimate of drug-likeness (QED) is 0.605. The van der Waals surface area contributed by atoms with Gasteiger partial charge < -0.3 is 20.1 Å². The summed E-state index contributed by atoms with van der Waals surface area (Å²) in [5.74, 6) is -0.514. The molecule has 24 heavy (non-hydrogen) atoms. The molecule has 0 bridgehead atoms. The Hall–Kier alpha value is -2.34. The Morgan fingerprint density at radius 3 is 2.58 bits per heavy atom. The highest BCUT2D eigenvalue weighted by molar-refractivity contribution is 6.35. The molecule has 0 atom stereocenters. The molecule has 1 aromatic rings. The molecule has 6 nitrogen and oxygen atoms in total. The Morgan fingerprint density at radius 1 is 1.25 bits per heavy atom. The molecule has 2 rings (SSSR count). The van der Waals surface area contributed by atoms with Gasteiger partial charge in [0, 0.05) is 37.3 Å². The molecule has 130 valence electrons. The van der Waals surface area contributed by atoms with Crippen molar-refractivity contribution in [2.45, 2.75) is 18.3 Å². The number of benzene rings is 1. The summed E-state index contributed by atoms with van der Waals surface area (Å²) in [5.41, 5.74) is 0.724. The van der Waals surface area contributed by atoms with Gasteiger partial charge >= 0.3 is 11.8 Å². The van der Waals surface area contributed by atoms with Gasteiger partial charge in [-0.15, -0.1) is 6.58 Å². The van der Waals surface area contributed by atoms with Crippen LogP contribution in [-0.4, -0.2) is 45.2 Å². The molecule has 1 fully saturated rings. The zero-order chi connectivity index (χ0) is 17.4. The molecule has 0 spiro atoms. The fourth-order valence-electron chi connectivity index (χ4n) is 2.96. The summed E-state index contributed by atoms with van der Waals surface area (Å²) >= 11 is 0. The molecule has 2 N–H and O–H groups in total. The molecule has 1 saturated heterocycles. The van der Waals surface area contributed by atoms with Crippen molar-refractivity contribution in [3.63, 3.8) is 0 Å². The van der Waals surface area contributed by atoms with Crippen molar-refractivity contribution in [2.75, 3.05) is 33.4 Å². The Balaban J connectivity index is 2.15. The van der Waals surface area contributed by atoms with Crippen LogP contribution in [0, 0.1) is 0 Å². The first kappa shape index (κ1) is 18.0. The van der Waals surface area contributed by atoms with Gasteiger partial charge in [0.15, 0.2) is 0 Å². The van der Waals surface area contributed by atoms with E-state index < -0.39 is 11.8 Å². The van der Waals surface area contributed by atoms with E-state index in [9.17, 15) is 9.59 Å². The molecule has 1 aliphatic heterocycles. The lowest BCUT2D eigenvalue weighted by molar-refractivity contribution is -0.139. The summed E-state index contributed by atoms with van der Waals surface area (Å²) in [7, 11) is 1.63. The van der Waals surface area contributed by atoms with Gasteiger partial charge in [0.1, 0.15) is 5.75 Å². The summed E-state index contributed by atoms with van der Waals surface area (Å²) in [4.78, 5) is 23.7. The van der Waals surface area contributed by atoms with Crippen LogP contribution in [0.25, 0.3) is 0 Å². The van der Waals surface area contributed by atoms with Crippen LogP contribution in [0.1, 0.15) is 18.4 Å². The third-order valence-electron chi connectivity index (χ3n) is 4.33. The van der Waals surface area contributed by atoms with Crippen molar-refractivity contribution < 1.29 is 19.1 Å². The Kier molecular flexibility index (Phi) is 6.37. The Labute approximate surface area is 142 Å². The van der Waals surface area contributed by atoms with Gasteiger partial charge in [-0.3, -0.25) is 9.59 Å². The van der Waals surface area contributed by atoms with Crippen molar-refractivity contribution in [2.24, 2.45) is 0 Å². The zero-order valence-electron chi connectivity index (χ0n) is 14.0. The summed E-state index contributed by atoms with van der Waals surface area (Å²) < 4.78 is 11.0. The zero-order valence-corrected chi connectivity index (χ0v) is 14.0. The van der Waals surface area contributed by atoms with Crippen LogP contribution in [0.5, 0.6) is 5.75 Å². The molecule has 0 aliphatic carbocycles. The predicted octanol–water partition coefficient (Wildman–Crippen LogP) is 1.16. The van der Waals surface area contributed by atoms with E-state index in [0.717, 1.165) is 24.2 Å². The molecule has 0 radical (unpaired) electrons. The second kappa shape index (κ2) is 8.49. The molecule has 2 amide bonds. The summed E-state index contributed by atoms with van der Waals surface area (Å²) in [6.07, 6.45) is 3.03. The van der Waals surface area contributed by atoms with Crippen LogP contribution >= 0.6 is 0 Å². The molecule has 0 saturated carbocycles. The molecule has 6 heteroatoms. The lowest BCUT2D eigenvalue weighted by Crippen LogP contribution is -2.48. The Bertz CT molecular complexity index is 594. The molecular formula is C18H24N2O4. The molecule has 1 aliphatic rings. The first-order chi connectivity index (χ1) is 11.6. The minimum Gasteiger partial charge on any atom is -0.496 e. The van der Waals surface area contributed by atoms with E-state index in [0.29, 0.717) is 19.8 Å². The average molecular weight is 332 g/mol. The minimum atomic E-state index is -0.655. The maximum atomic E-state index is 12.0. The minimum absolute atomic E-state index is 0.262. The van der Waals surface area contributed by atoms with Gasteiger partial charge in [-0.2, -0.15) is 0 Å². The van der Waals surface area contributed by atoms with Gasteiger partial charge in [0.25, 0.3) is 0 Å². The van der Waals surface area contributed by atoms with Gasteiger partial charge in [-0.25, -0.2) is 0 Å². The van der Waals surface area contributed by atoms with E-state index in [-0.39, 0.29) is 12.0 Å². The fourth-order valence-corrected chi connectivity index (χ4v) is 2.96. The fraction of sp³-hybridized carbons (Fsp3) is 0.444. The normalized spacial score (nSPS) is 16.0. The lowest BCUT2D eigenvalue weighted by Gasteiger charge is -2.38. The number of ether oxygens (including phenoxy) is 2. The molecule has 0 aromatic heterocycles. The number of rotatable bonds is 6. The van der Waals surface area contributed by atoms with Crippen molar-refractivity contribution in [3.05, 3.63) is 42.5 Å². The SMILES string of the molecule is C=CCNC(=O)C(=O)NCC1(c2ccccc2OC)CCOCC1. The van der Waals surface area contributed by atoms with Crippen LogP contribution in [0.3, 0.4) is 0 Å². The first-order valence-corrected chi connectivity index (χ1v) is 8.01. The van der Waals surface area contributed by atoms with Crippen LogP contribution in [-0.2, 0) is 19.7 Å². The number of para-hydroxylation sites is 1. The van der Waals surface area contributed by atoms with Crippen LogP contribution < -0.4 is 15.4 Å². The van der Waals surface area contributed by atoms with Crippen LogP contribution in [0.2, 0.25) is 0 Å². The number of carbonyl (C=O) groups is 2. The van der Waals surface area contributed by atoms with E-state index in [1.165, 1.54) is 6.08 Å². The number of amides is 2. The average Bonchev–Trinajstić information content (AvgIpc) is 2.64. The summed E-state index contributed by atoms with van der Waals surface area (Å²) in [6.45, 7) is 5.34. The van der Waals surface area contributed by atoms with Crippen molar-refractivity contribution in [1.29, 1.82) is 0 Å². The number of hydrogen-bond donors (Lipinski definition) is 2. The number of nitrogens with one attached hydrogen (secondary N) is 2. The molecule has 1 heterocycles. The third-order valence-corrected chi connectivity index (χ3v) is 4.33. The van der Waals surface area contributed by atoms with E-state index in [2.05, 4.69) is 17.2 Å². The van der Waals surface area contributed by atoms with Gasteiger partial charge in [-0.1, -0.05) is 24.3 Å². The smallest absolute Gasteiger partial charge is 0.309 e. The van der Waals surface area contributed by atoms with Crippen LogP contribution in [0.15, 0.2) is 36.9 Å². The van der Waals surface area contributed by atoms with Crippen molar-refractivity contribution in [3.8, 4) is 5.75 Å². The monoisotopic (exact) mass is 332 g/mol. The maximum Gasteiger partial charge on any atom is 0.309 e. The number of hydrogen-bond acceptors (Lipinski definition) is 4. The third kappa shape index (κ3) is 4.14. The Morgan fingerprint density at radius 2 is 1.92 bits per heavy atom. The van der Waals surface area contributed by atoms with E-state index in [1.807, 2.05) is 24.3 Å². The number of methoxy groups -OCH3 is 1. The summed E-state index contributed by atoms with van der Waals surface area (Å²) in [6, 6.07) is 7.78. The standard InChI is InChI=1S/C18H24N2O4/c1-3-10-19-16(21)17(22)20-13-18(8-11-24-12-9-18)14-6-4-5-7-15(14)23-2/h3-7H,1,8-13H2,2H3,(H,19,21)(H,20,22). The topological polar surface area (TPSA) is 76.7 Å². The number of carbonyl (C=O) groups excluding carboxylic acids is 2. The van der Waals surface area contributed by atoms with Crippen molar-refractivity contribution >= 4 is 11.8 Å². The highest BCUT2D eigenvalue weighted by Gasteiger charge is 2.37. The summed E-state index contributed by atoms with van der Waals surface area (Å²) in [5, 5.41) is 5.23. The van der Waals surface area contributed by atoms with E-state index >= 15 is 0 Å². The molecule has 1 aromatic carbocycles. The van der Waals surface area contributed by atoms with Crippen LogP contribution in [0.4, 0.5) is 0 Å². The predicted molar refractivity (Wildman–Crippen MR) is 90.9 cm³/mol. The first-order valence-electron chi connectivity index (χ1n) is 8.01. The maximum absolute atomic E-state index is 12.0. The van der Waals surface area contributed by atoms with Gasteiger partial charge in [0.2, 0.25) is 0 Å². The second-order valence-electron chi connectivity index (χ2n) is 5.77. The largest absolute Gasteiger partial charge is 0.496 e. The van der Waals surface area contributed by atoms with E-state index in [1.54, 1.807) is 7.11 Å². The van der Waals surface area contributed by atoms with E-state index in [4.69, 9.17) is 9.47 Å². The van der Waals surface area contributed by atoms with Gasteiger partial charge in [-0.05, 0) is 18.9 Å². The van der Waals surface area contributed by atoms with Gasteiger partial charge in [0.05, 0.1) is 7.11 Å². The highest BCUT2D eigenvalue weighted by atomic mass is 16.5. The second-order valence-corrected chi connectivity index (χ2v) is 5.77. The van der Waals surface area contributed by atoms with Crippen molar-refractivity contribution in [1.82, 2.24) is 10.6 Å². The highest BCUT2D eigenvalue weighted by Crippen LogP contribution is 2.39. The molecular weight excluding hydrogens is 308 g/mol. The lowest BCUT2D eigenvalue weighted by atomic mass is 9.73.